The van der Waals surface area contributed by atoms with Gasteiger partial charge in [0.05, 0.1) is 6.04 Å². The van der Waals surface area contributed by atoms with Crippen molar-refractivity contribution in [3.63, 3.8) is 0 Å². The molecule has 17 heavy (non-hydrogen) atoms. The molecule has 2 atom stereocenters. The maximum absolute atomic E-state index is 12.3. The lowest BCUT2D eigenvalue weighted by Crippen LogP contribution is -2.58. The van der Waals surface area contributed by atoms with E-state index < -0.39 is 0 Å². The third-order valence-corrected chi connectivity index (χ3v) is 4.10. The number of hydrogen-bond donors (Lipinski definition) is 1. The zero-order valence-electron chi connectivity index (χ0n) is 11.3. The van der Waals surface area contributed by atoms with Gasteiger partial charge in [-0.1, -0.05) is 20.8 Å². The molecule has 1 unspecified atom stereocenters. The van der Waals surface area contributed by atoms with Gasteiger partial charge in [-0.3, -0.25) is 9.69 Å². The van der Waals surface area contributed by atoms with Crippen molar-refractivity contribution in [2.45, 2.75) is 45.7 Å². The number of hydrogen-bond acceptors (Lipinski definition) is 3. The van der Waals surface area contributed by atoms with Crippen LogP contribution in [0, 0.1) is 5.41 Å². The van der Waals surface area contributed by atoms with E-state index in [-0.39, 0.29) is 17.4 Å². The van der Waals surface area contributed by atoms with Crippen molar-refractivity contribution in [2.24, 2.45) is 11.1 Å². The molecular weight excluding hydrogens is 214 g/mol. The number of carbonyl (C=O) groups is 1. The van der Waals surface area contributed by atoms with Crippen molar-refractivity contribution < 1.29 is 4.79 Å². The number of carbonyl (C=O) groups excluding carboxylic acids is 1. The van der Waals surface area contributed by atoms with E-state index in [4.69, 9.17) is 5.73 Å². The maximum atomic E-state index is 12.3. The van der Waals surface area contributed by atoms with Gasteiger partial charge in [0.1, 0.15) is 0 Å². The van der Waals surface area contributed by atoms with Gasteiger partial charge in [0.15, 0.2) is 0 Å². The van der Waals surface area contributed by atoms with Crippen molar-refractivity contribution in [3.8, 4) is 0 Å². The Labute approximate surface area is 104 Å². The van der Waals surface area contributed by atoms with E-state index in [9.17, 15) is 4.79 Å². The van der Waals surface area contributed by atoms with Gasteiger partial charge in [-0.15, -0.1) is 0 Å². The van der Waals surface area contributed by atoms with Gasteiger partial charge in [-0.2, -0.15) is 0 Å². The summed E-state index contributed by atoms with van der Waals surface area (Å²) in [4.78, 5) is 16.8. The van der Waals surface area contributed by atoms with Crippen molar-refractivity contribution in [3.05, 3.63) is 0 Å². The van der Waals surface area contributed by atoms with E-state index in [0.29, 0.717) is 6.04 Å². The predicted molar refractivity (Wildman–Crippen MR) is 68.6 cm³/mol. The van der Waals surface area contributed by atoms with E-state index >= 15 is 0 Å². The maximum Gasteiger partial charge on any atom is 0.240 e. The number of nitrogens with two attached hydrogens (primary N) is 1. The Morgan fingerprint density at radius 2 is 2.00 bits per heavy atom. The minimum absolute atomic E-state index is 0.129. The highest BCUT2D eigenvalue weighted by molar-refractivity contribution is 5.82. The topological polar surface area (TPSA) is 49.6 Å². The van der Waals surface area contributed by atoms with Crippen LogP contribution in [0.25, 0.3) is 0 Å². The van der Waals surface area contributed by atoms with Crippen molar-refractivity contribution >= 4 is 5.91 Å². The molecule has 0 spiro atoms. The molecule has 0 aromatic heterocycles. The molecule has 0 aromatic rings. The van der Waals surface area contributed by atoms with Gasteiger partial charge in [0.2, 0.25) is 5.91 Å². The Balaban J connectivity index is 1.97. The second-order valence-electron chi connectivity index (χ2n) is 6.46. The summed E-state index contributed by atoms with van der Waals surface area (Å²) in [6.07, 6.45) is 2.51. The molecule has 4 nitrogen and oxygen atoms in total. The number of rotatable bonds is 1. The second kappa shape index (κ2) is 4.58. The van der Waals surface area contributed by atoms with Crippen LogP contribution in [-0.4, -0.2) is 54.0 Å². The SMILES string of the molecule is CC(C)(C)[C@@H](N)C(=O)N1CCN2CCCC2C1. The molecule has 2 aliphatic heterocycles. The number of piperazine rings is 1. The van der Waals surface area contributed by atoms with Gasteiger partial charge < -0.3 is 10.6 Å². The minimum atomic E-state index is -0.379. The lowest BCUT2D eigenvalue weighted by atomic mass is 9.86. The summed E-state index contributed by atoms with van der Waals surface area (Å²) >= 11 is 0. The summed E-state index contributed by atoms with van der Waals surface area (Å²) in [5.41, 5.74) is 5.91. The zero-order valence-corrected chi connectivity index (χ0v) is 11.3. The highest BCUT2D eigenvalue weighted by atomic mass is 16.2. The fourth-order valence-electron chi connectivity index (χ4n) is 2.76. The van der Waals surface area contributed by atoms with Gasteiger partial charge >= 0.3 is 0 Å². The molecule has 2 saturated heterocycles. The summed E-state index contributed by atoms with van der Waals surface area (Å²) in [5, 5.41) is 0. The summed E-state index contributed by atoms with van der Waals surface area (Å²) in [5.74, 6) is 0.129. The molecule has 2 rings (SSSR count). The first-order chi connectivity index (χ1) is 7.89. The minimum Gasteiger partial charge on any atom is -0.338 e. The zero-order chi connectivity index (χ0) is 12.6. The van der Waals surface area contributed by atoms with E-state index in [2.05, 4.69) is 4.90 Å². The molecule has 0 bridgehead atoms. The average molecular weight is 239 g/mol. The van der Waals surface area contributed by atoms with E-state index in [1.54, 1.807) is 0 Å². The molecule has 0 saturated carbocycles. The number of amides is 1. The average Bonchev–Trinajstić information content (AvgIpc) is 2.72. The fourth-order valence-corrected chi connectivity index (χ4v) is 2.76. The molecule has 2 N–H and O–H groups in total. The second-order valence-corrected chi connectivity index (χ2v) is 6.46. The monoisotopic (exact) mass is 239 g/mol. The molecule has 0 aliphatic carbocycles. The predicted octanol–water partition coefficient (Wildman–Crippen LogP) is 0.666. The largest absolute Gasteiger partial charge is 0.338 e. The van der Waals surface area contributed by atoms with Crippen LogP contribution in [0.15, 0.2) is 0 Å². The standard InChI is InChI=1S/C13H25N3O/c1-13(2,3)11(14)12(17)16-8-7-15-6-4-5-10(15)9-16/h10-11H,4-9,14H2,1-3H3/t10?,11-/m0/s1. The van der Waals surface area contributed by atoms with E-state index in [1.807, 2.05) is 25.7 Å². The first-order valence-corrected chi connectivity index (χ1v) is 6.68. The van der Waals surface area contributed by atoms with Gasteiger partial charge in [0.25, 0.3) is 0 Å². The fraction of sp³-hybridized carbons (Fsp3) is 0.923. The molecular formula is C13H25N3O. The van der Waals surface area contributed by atoms with Crippen LogP contribution < -0.4 is 5.73 Å². The first kappa shape index (κ1) is 12.8. The van der Waals surface area contributed by atoms with Crippen LogP contribution in [0.4, 0.5) is 0 Å². The van der Waals surface area contributed by atoms with Crippen LogP contribution in [0.1, 0.15) is 33.6 Å². The highest BCUT2D eigenvalue weighted by Crippen LogP contribution is 2.24. The molecule has 1 amide bonds. The lowest BCUT2D eigenvalue weighted by Gasteiger charge is -2.40. The van der Waals surface area contributed by atoms with Crippen molar-refractivity contribution in [2.75, 3.05) is 26.2 Å². The van der Waals surface area contributed by atoms with Crippen LogP contribution in [-0.2, 0) is 4.79 Å². The summed E-state index contributed by atoms with van der Waals surface area (Å²) < 4.78 is 0. The van der Waals surface area contributed by atoms with E-state index in [1.165, 1.54) is 19.4 Å². The lowest BCUT2D eigenvalue weighted by molar-refractivity contribution is -0.137. The van der Waals surface area contributed by atoms with E-state index in [0.717, 1.165) is 19.6 Å². The Kier molecular flexibility index (Phi) is 3.46. The molecule has 0 radical (unpaired) electrons. The van der Waals surface area contributed by atoms with Gasteiger partial charge in [-0.25, -0.2) is 0 Å². The van der Waals surface area contributed by atoms with Crippen LogP contribution in [0.5, 0.6) is 0 Å². The quantitative estimate of drug-likeness (QED) is 0.731. The van der Waals surface area contributed by atoms with Crippen LogP contribution in [0.3, 0.4) is 0 Å². The summed E-state index contributed by atoms with van der Waals surface area (Å²) in [7, 11) is 0. The van der Waals surface area contributed by atoms with Gasteiger partial charge in [-0.05, 0) is 24.8 Å². The number of fused-ring (bicyclic) bond motifs is 1. The summed E-state index contributed by atoms with van der Waals surface area (Å²) in [6.45, 7) is 10.0. The smallest absolute Gasteiger partial charge is 0.240 e. The molecule has 4 heteroatoms. The molecule has 2 aliphatic rings. The molecule has 0 aromatic carbocycles. The molecule has 2 fully saturated rings. The van der Waals surface area contributed by atoms with Crippen LogP contribution in [0.2, 0.25) is 0 Å². The third-order valence-electron chi connectivity index (χ3n) is 4.10. The Morgan fingerprint density at radius 3 is 2.65 bits per heavy atom. The van der Waals surface area contributed by atoms with Gasteiger partial charge in [0, 0.05) is 25.7 Å². The third kappa shape index (κ3) is 2.63. The van der Waals surface area contributed by atoms with Crippen LogP contribution >= 0.6 is 0 Å². The Bertz CT molecular complexity index is 298. The Morgan fingerprint density at radius 1 is 1.29 bits per heavy atom. The normalized spacial score (nSPS) is 28.0. The number of nitrogens with zero attached hydrogens (tertiary/aromatic N) is 2. The highest BCUT2D eigenvalue weighted by Gasteiger charge is 2.36. The van der Waals surface area contributed by atoms with Crippen molar-refractivity contribution in [1.82, 2.24) is 9.80 Å². The Hall–Kier alpha value is -0.610. The first-order valence-electron chi connectivity index (χ1n) is 6.68. The van der Waals surface area contributed by atoms with Crippen molar-refractivity contribution in [1.29, 1.82) is 0 Å². The molecule has 2 heterocycles. The molecule has 98 valence electrons. The summed E-state index contributed by atoms with van der Waals surface area (Å²) in [6, 6.07) is 0.204.